The molecular weight excluding hydrogens is 222 g/mol. The molecule has 0 amide bonds. The Bertz CT molecular complexity index is 500. The zero-order chi connectivity index (χ0) is 11.0. The van der Waals surface area contributed by atoms with E-state index in [4.69, 9.17) is 11.6 Å². The maximum absolute atomic E-state index is 5.94. The first kappa shape index (κ1) is 10.1. The molecule has 3 nitrogen and oxygen atoms in total. The third-order valence-corrected chi connectivity index (χ3v) is 3.34. The van der Waals surface area contributed by atoms with Crippen molar-refractivity contribution in [3.8, 4) is 0 Å². The van der Waals surface area contributed by atoms with Gasteiger partial charge in [-0.1, -0.05) is 18.0 Å². The molecule has 84 valence electrons. The predicted octanol–water partition coefficient (Wildman–Crippen LogP) is 2.80. The van der Waals surface area contributed by atoms with E-state index in [1.807, 2.05) is 22.7 Å². The Labute approximate surface area is 99.4 Å². The van der Waals surface area contributed by atoms with Gasteiger partial charge in [-0.25, -0.2) is 4.98 Å². The number of piperidine rings is 1. The van der Waals surface area contributed by atoms with Gasteiger partial charge in [0.05, 0.1) is 11.7 Å². The van der Waals surface area contributed by atoms with Gasteiger partial charge in [-0.15, -0.1) is 0 Å². The molecule has 16 heavy (non-hydrogen) atoms. The van der Waals surface area contributed by atoms with Gasteiger partial charge in [0.25, 0.3) is 0 Å². The fourth-order valence-electron chi connectivity index (χ4n) is 2.25. The first-order valence-electron chi connectivity index (χ1n) is 5.70. The topological polar surface area (TPSA) is 29.3 Å². The Kier molecular flexibility index (Phi) is 2.58. The van der Waals surface area contributed by atoms with E-state index in [1.54, 1.807) is 0 Å². The number of hydrogen-bond donors (Lipinski definition) is 1. The summed E-state index contributed by atoms with van der Waals surface area (Å²) in [4.78, 5) is 4.61. The van der Waals surface area contributed by atoms with Gasteiger partial charge in [-0.3, -0.25) is 0 Å². The van der Waals surface area contributed by atoms with Crippen LogP contribution in [0.5, 0.6) is 0 Å². The van der Waals surface area contributed by atoms with Crippen molar-refractivity contribution in [1.82, 2.24) is 14.7 Å². The normalized spacial score (nSPS) is 21.4. The monoisotopic (exact) mass is 235 g/mol. The van der Waals surface area contributed by atoms with Crippen LogP contribution in [0, 0.1) is 0 Å². The van der Waals surface area contributed by atoms with Crippen molar-refractivity contribution < 1.29 is 0 Å². The van der Waals surface area contributed by atoms with Crippen LogP contribution in [0.15, 0.2) is 24.5 Å². The van der Waals surface area contributed by atoms with Crippen LogP contribution in [-0.2, 0) is 0 Å². The minimum absolute atomic E-state index is 0.410. The first-order chi connectivity index (χ1) is 7.83. The number of nitrogens with zero attached hydrogens (tertiary/aromatic N) is 2. The molecule has 1 saturated heterocycles. The minimum atomic E-state index is 0.410. The van der Waals surface area contributed by atoms with E-state index in [1.165, 1.54) is 19.3 Å². The quantitative estimate of drug-likeness (QED) is 0.824. The van der Waals surface area contributed by atoms with Crippen LogP contribution in [-0.4, -0.2) is 15.9 Å². The molecule has 1 atom stereocenters. The molecule has 4 heteroatoms. The van der Waals surface area contributed by atoms with Crippen molar-refractivity contribution in [3.05, 3.63) is 35.2 Å². The second-order valence-electron chi connectivity index (χ2n) is 4.28. The first-order valence-corrected chi connectivity index (χ1v) is 6.08. The summed E-state index contributed by atoms with van der Waals surface area (Å²) in [5.74, 6) is 0. The fourth-order valence-corrected chi connectivity index (χ4v) is 2.40. The zero-order valence-electron chi connectivity index (χ0n) is 8.99. The van der Waals surface area contributed by atoms with E-state index in [0.29, 0.717) is 6.04 Å². The van der Waals surface area contributed by atoms with E-state index in [0.717, 1.165) is 22.9 Å². The second-order valence-corrected chi connectivity index (χ2v) is 4.72. The third-order valence-electron chi connectivity index (χ3n) is 3.11. The van der Waals surface area contributed by atoms with Gasteiger partial charge in [0.2, 0.25) is 0 Å². The largest absolute Gasteiger partial charge is 0.309 e. The highest BCUT2D eigenvalue weighted by atomic mass is 35.5. The maximum Gasteiger partial charge on any atom is 0.138 e. The molecule has 0 spiro atoms. The van der Waals surface area contributed by atoms with E-state index >= 15 is 0 Å². The van der Waals surface area contributed by atoms with E-state index < -0.39 is 0 Å². The van der Waals surface area contributed by atoms with Gasteiger partial charge in [0.15, 0.2) is 0 Å². The van der Waals surface area contributed by atoms with Crippen LogP contribution in [0.25, 0.3) is 5.65 Å². The summed E-state index contributed by atoms with van der Waals surface area (Å²) in [6.07, 6.45) is 7.78. The molecule has 0 bridgehead atoms. The van der Waals surface area contributed by atoms with Crippen molar-refractivity contribution in [2.75, 3.05) is 6.54 Å². The standard InChI is InChI=1S/C12H14ClN3/c13-9-4-6-16-8-11(15-12(16)7-9)10-3-1-2-5-14-10/h4,6-8,10,14H,1-3,5H2. The maximum atomic E-state index is 5.94. The highest BCUT2D eigenvalue weighted by Crippen LogP contribution is 2.23. The van der Waals surface area contributed by atoms with Gasteiger partial charge in [-0.05, 0) is 31.5 Å². The van der Waals surface area contributed by atoms with Crippen LogP contribution in [0.2, 0.25) is 5.02 Å². The number of pyridine rings is 1. The molecule has 2 aromatic heterocycles. The lowest BCUT2D eigenvalue weighted by molar-refractivity contribution is 0.406. The van der Waals surface area contributed by atoms with Crippen molar-refractivity contribution in [2.24, 2.45) is 0 Å². The van der Waals surface area contributed by atoms with Crippen molar-refractivity contribution in [2.45, 2.75) is 25.3 Å². The van der Waals surface area contributed by atoms with E-state index in [9.17, 15) is 0 Å². The van der Waals surface area contributed by atoms with Gasteiger partial charge >= 0.3 is 0 Å². The van der Waals surface area contributed by atoms with Crippen LogP contribution in [0.3, 0.4) is 0 Å². The van der Waals surface area contributed by atoms with Crippen molar-refractivity contribution in [3.63, 3.8) is 0 Å². The average Bonchev–Trinajstić information content (AvgIpc) is 2.73. The molecule has 3 heterocycles. The molecule has 1 aliphatic rings. The predicted molar refractivity (Wildman–Crippen MR) is 64.8 cm³/mol. The summed E-state index contributed by atoms with van der Waals surface area (Å²) in [5, 5.41) is 4.24. The van der Waals surface area contributed by atoms with Crippen LogP contribution in [0.1, 0.15) is 31.0 Å². The summed E-state index contributed by atoms with van der Waals surface area (Å²) >= 11 is 5.94. The Balaban J connectivity index is 1.97. The molecule has 1 N–H and O–H groups in total. The van der Waals surface area contributed by atoms with Crippen LogP contribution < -0.4 is 5.32 Å². The fraction of sp³-hybridized carbons (Fsp3) is 0.417. The molecule has 3 rings (SSSR count). The van der Waals surface area contributed by atoms with Crippen molar-refractivity contribution >= 4 is 17.2 Å². The molecule has 1 fully saturated rings. The molecule has 1 aliphatic heterocycles. The molecule has 1 unspecified atom stereocenters. The minimum Gasteiger partial charge on any atom is -0.309 e. The number of imidazole rings is 1. The lowest BCUT2D eigenvalue weighted by Crippen LogP contribution is -2.26. The smallest absolute Gasteiger partial charge is 0.138 e. The Hall–Kier alpha value is -1.06. The van der Waals surface area contributed by atoms with Gasteiger partial charge in [-0.2, -0.15) is 0 Å². The Morgan fingerprint density at radius 2 is 2.38 bits per heavy atom. The van der Waals surface area contributed by atoms with Gasteiger partial charge < -0.3 is 9.72 Å². The zero-order valence-corrected chi connectivity index (χ0v) is 9.74. The summed E-state index contributed by atoms with van der Waals surface area (Å²) < 4.78 is 2.03. The average molecular weight is 236 g/mol. The Morgan fingerprint density at radius 3 is 3.19 bits per heavy atom. The number of fused-ring (bicyclic) bond motifs is 1. The summed E-state index contributed by atoms with van der Waals surface area (Å²) in [6.45, 7) is 1.10. The van der Waals surface area contributed by atoms with E-state index in [-0.39, 0.29) is 0 Å². The molecule has 0 saturated carbocycles. The number of aromatic nitrogens is 2. The highest BCUT2D eigenvalue weighted by molar-refractivity contribution is 6.30. The molecule has 0 aliphatic carbocycles. The Morgan fingerprint density at radius 1 is 1.44 bits per heavy atom. The van der Waals surface area contributed by atoms with Crippen molar-refractivity contribution in [1.29, 1.82) is 0 Å². The summed E-state index contributed by atoms with van der Waals surface area (Å²) in [7, 11) is 0. The van der Waals surface area contributed by atoms with Crippen LogP contribution >= 0.6 is 11.6 Å². The lowest BCUT2D eigenvalue weighted by atomic mass is 10.0. The number of hydrogen-bond acceptors (Lipinski definition) is 2. The van der Waals surface area contributed by atoms with Gasteiger partial charge in [0, 0.05) is 17.4 Å². The third kappa shape index (κ3) is 1.81. The second kappa shape index (κ2) is 4.07. The highest BCUT2D eigenvalue weighted by Gasteiger charge is 2.17. The van der Waals surface area contributed by atoms with Gasteiger partial charge in [0.1, 0.15) is 5.65 Å². The number of nitrogens with one attached hydrogen (secondary N) is 1. The molecular formula is C12H14ClN3. The summed E-state index contributed by atoms with van der Waals surface area (Å²) in [5.41, 5.74) is 2.05. The summed E-state index contributed by atoms with van der Waals surface area (Å²) in [6, 6.07) is 4.19. The van der Waals surface area contributed by atoms with E-state index in [2.05, 4.69) is 16.5 Å². The lowest BCUT2D eigenvalue weighted by Gasteiger charge is -2.21. The SMILES string of the molecule is Clc1ccn2cc(C3CCCCN3)nc2c1. The number of rotatable bonds is 1. The molecule has 2 aromatic rings. The molecule has 0 aromatic carbocycles. The number of halogens is 1. The van der Waals surface area contributed by atoms with Crippen LogP contribution in [0.4, 0.5) is 0 Å². The molecule has 0 radical (unpaired) electrons.